The summed E-state index contributed by atoms with van der Waals surface area (Å²) in [5.74, 6) is 0.545. The molecular weight excluding hydrogens is 516 g/mol. The quantitative estimate of drug-likeness (QED) is 0.268. The Morgan fingerprint density at radius 3 is 2.21 bits per heavy atom. The van der Waals surface area contributed by atoms with Crippen LogP contribution < -0.4 is 9.04 Å². The lowest BCUT2D eigenvalue weighted by Crippen LogP contribution is -2.34. The van der Waals surface area contributed by atoms with E-state index in [1.54, 1.807) is 30.3 Å². The van der Waals surface area contributed by atoms with Crippen LogP contribution in [0.5, 0.6) is 11.5 Å². The molecule has 3 aromatic carbocycles. The minimum Gasteiger partial charge on any atom is -0.505 e. The van der Waals surface area contributed by atoms with Crippen LogP contribution in [-0.2, 0) is 23.0 Å². The van der Waals surface area contributed by atoms with Crippen molar-refractivity contribution in [3.05, 3.63) is 83.9 Å². The molecule has 3 rings (SSSR count). The summed E-state index contributed by atoms with van der Waals surface area (Å²) in [6, 6.07) is 20.6. The van der Waals surface area contributed by atoms with Gasteiger partial charge in [0.2, 0.25) is 0 Å². The highest BCUT2D eigenvalue weighted by molar-refractivity contribution is 7.92. The second-order valence-electron chi connectivity index (χ2n) is 10.2. The Balaban J connectivity index is 1.87. The highest BCUT2D eigenvalue weighted by Gasteiger charge is 2.28. The molecule has 3 aromatic rings. The molecule has 0 aliphatic rings. The number of carbonyl (C=O) groups is 1. The molecule has 210 valence electrons. The Morgan fingerprint density at radius 2 is 1.62 bits per heavy atom. The van der Waals surface area contributed by atoms with Crippen LogP contribution in [0.1, 0.15) is 38.3 Å². The first-order valence-corrected chi connectivity index (χ1v) is 14.5. The van der Waals surface area contributed by atoms with E-state index in [1.165, 1.54) is 28.4 Å². The van der Waals surface area contributed by atoms with Crippen molar-refractivity contribution >= 4 is 21.8 Å². The lowest BCUT2D eigenvalue weighted by atomic mass is 9.99. The number of phenols is 1. The molecule has 0 aliphatic heterocycles. The summed E-state index contributed by atoms with van der Waals surface area (Å²) in [6.45, 7) is 6.66. The Bertz CT molecular complexity index is 1330. The summed E-state index contributed by atoms with van der Waals surface area (Å²) in [7, 11) is -2.46. The van der Waals surface area contributed by atoms with Crippen molar-refractivity contribution in [1.29, 1.82) is 0 Å². The van der Waals surface area contributed by atoms with Crippen molar-refractivity contribution < 1.29 is 28.2 Å². The van der Waals surface area contributed by atoms with E-state index in [0.29, 0.717) is 24.2 Å². The molecule has 0 heterocycles. The van der Waals surface area contributed by atoms with Gasteiger partial charge in [-0.05, 0) is 66.1 Å². The number of phenolic OH excluding ortho intramolecular Hbond substituents is 1. The lowest BCUT2D eigenvalue weighted by Gasteiger charge is -2.27. The molecule has 0 unspecified atom stereocenters. The summed E-state index contributed by atoms with van der Waals surface area (Å²) in [5, 5.41) is 21.0. The average molecular weight is 555 g/mol. The zero-order valence-electron chi connectivity index (χ0n) is 22.9. The van der Waals surface area contributed by atoms with Crippen molar-refractivity contribution in [2.24, 2.45) is 11.8 Å². The molecule has 0 spiro atoms. The van der Waals surface area contributed by atoms with Gasteiger partial charge in [-0.25, -0.2) is 13.2 Å². The van der Waals surface area contributed by atoms with Gasteiger partial charge < -0.3 is 19.8 Å². The Morgan fingerprint density at radius 1 is 0.949 bits per heavy atom. The lowest BCUT2D eigenvalue weighted by molar-refractivity contribution is 0.134. The average Bonchev–Trinajstić information content (AvgIpc) is 2.90. The third kappa shape index (κ3) is 7.89. The summed E-state index contributed by atoms with van der Waals surface area (Å²) in [4.78, 5) is 13.4. The third-order valence-corrected chi connectivity index (χ3v) is 8.34. The van der Waals surface area contributed by atoms with Gasteiger partial charge >= 0.3 is 6.09 Å². The second-order valence-corrected chi connectivity index (χ2v) is 12.0. The topological polar surface area (TPSA) is 107 Å². The molecule has 0 aliphatic carbocycles. The number of ether oxygens (including phenoxy) is 1. The van der Waals surface area contributed by atoms with Gasteiger partial charge in [-0.1, -0.05) is 63.2 Å². The van der Waals surface area contributed by atoms with Crippen LogP contribution in [0.4, 0.5) is 10.5 Å². The van der Waals surface area contributed by atoms with E-state index in [4.69, 9.17) is 4.74 Å². The zero-order valence-corrected chi connectivity index (χ0v) is 23.8. The van der Waals surface area contributed by atoms with Gasteiger partial charge in [-0.2, -0.15) is 0 Å². The Hall–Kier alpha value is -3.72. The maximum Gasteiger partial charge on any atom is 0.407 e. The first kappa shape index (κ1) is 29.8. The number of benzene rings is 3. The monoisotopic (exact) mass is 554 g/mol. The summed E-state index contributed by atoms with van der Waals surface area (Å²) < 4.78 is 33.9. The number of anilines is 1. The SMILES string of the molecule is COc1ccc(S(=O)(=O)N(CCC(C)C)c2cccc(C[C@@H](C)CN(Cc3ccccc3)C(=O)O)c2O)cc1. The number of amides is 1. The molecule has 8 nitrogen and oxygen atoms in total. The summed E-state index contributed by atoms with van der Waals surface area (Å²) >= 11 is 0. The zero-order chi connectivity index (χ0) is 28.6. The van der Waals surface area contributed by atoms with E-state index in [0.717, 1.165) is 5.56 Å². The second kappa shape index (κ2) is 13.4. The number of aromatic hydroxyl groups is 1. The molecule has 0 fully saturated rings. The van der Waals surface area contributed by atoms with Gasteiger partial charge in [0.1, 0.15) is 11.5 Å². The van der Waals surface area contributed by atoms with E-state index in [2.05, 4.69) is 0 Å². The number of hydrogen-bond acceptors (Lipinski definition) is 5. The molecule has 0 saturated heterocycles. The van der Waals surface area contributed by atoms with Gasteiger partial charge in [0, 0.05) is 19.6 Å². The highest BCUT2D eigenvalue weighted by Crippen LogP contribution is 2.36. The predicted octanol–water partition coefficient (Wildman–Crippen LogP) is 6.00. The number of methoxy groups -OCH3 is 1. The number of nitrogens with zero attached hydrogens (tertiary/aromatic N) is 2. The molecule has 0 saturated carbocycles. The summed E-state index contributed by atoms with van der Waals surface area (Å²) in [5.41, 5.74) is 1.65. The molecule has 1 atom stereocenters. The van der Waals surface area contributed by atoms with Crippen molar-refractivity contribution in [3.8, 4) is 11.5 Å². The maximum absolute atomic E-state index is 13.7. The first-order valence-electron chi connectivity index (χ1n) is 13.0. The van der Waals surface area contributed by atoms with Crippen molar-refractivity contribution in [2.45, 2.75) is 45.1 Å². The van der Waals surface area contributed by atoms with Gasteiger partial charge in [-0.3, -0.25) is 4.31 Å². The molecule has 1 amide bonds. The minimum absolute atomic E-state index is 0.100. The van der Waals surface area contributed by atoms with Crippen molar-refractivity contribution in [2.75, 3.05) is 24.5 Å². The summed E-state index contributed by atoms with van der Waals surface area (Å²) in [6.07, 6.45) is -0.0458. The van der Waals surface area contributed by atoms with E-state index in [1.807, 2.05) is 51.1 Å². The third-order valence-electron chi connectivity index (χ3n) is 6.51. The standard InChI is InChI=1S/C30H38N2O6S/c1-22(2)17-18-32(39(36,37)27-15-13-26(38-4)14-16-27)28-12-8-11-25(29(28)33)19-23(3)20-31(30(34)35)21-24-9-6-5-7-10-24/h5-16,22-23,33H,17-21H2,1-4H3,(H,34,35)/t23-/m1/s1. The molecule has 0 radical (unpaired) electrons. The van der Waals surface area contributed by atoms with E-state index in [-0.39, 0.29) is 47.8 Å². The van der Waals surface area contributed by atoms with Crippen LogP contribution in [-0.4, -0.2) is 49.8 Å². The largest absolute Gasteiger partial charge is 0.505 e. The van der Waals surface area contributed by atoms with Gasteiger partial charge in [-0.15, -0.1) is 0 Å². The smallest absolute Gasteiger partial charge is 0.407 e. The van der Waals surface area contributed by atoms with E-state index < -0.39 is 16.1 Å². The van der Waals surface area contributed by atoms with Crippen LogP contribution in [0.15, 0.2) is 77.7 Å². The van der Waals surface area contributed by atoms with Crippen molar-refractivity contribution in [3.63, 3.8) is 0 Å². The fraction of sp³-hybridized carbons (Fsp3) is 0.367. The van der Waals surface area contributed by atoms with Crippen LogP contribution >= 0.6 is 0 Å². The first-order chi connectivity index (χ1) is 18.5. The molecule has 9 heteroatoms. The molecule has 39 heavy (non-hydrogen) atoms. The Labute approximate surface area is 231 Å². The molecule has 0 bridgehead atoms. The number of carboxylic acid groups (broad SMARTS) is 1. The van der Waals surface area contributed by atoms with Crippen LogP contribution in [0, 0.1) is 11.8 Å². The van der Waals surface area contributed by atoms with E-state index >= 15 is 0 Å². The van der Waals surface area contributed by atoms with Crippen molar-refractivity contribution in [1.82, 2.24) is 4.90 Å². The Kier molecular flexibility index (Phi) is 10.2. The molecular formula is C30H38N2O6S. The van der Waals surface area contributed by atoms with Crippen LogP contribution in [0.25, 0.3) is 0 Å². The van der Waals surface area contributed by atoms with Gasteiger partial charge in [0.15, 0.2) is 0 Å². The number of hydrogen-bond donors (Lipinski definition) is 2. The van der Waals surface area contributed by atoms with Gasteiger partial charge in [0.05, 0.1) is 17.7 Å². The fourth-order valence-electron chi connectivity index (χ4n) is 4.39. The van der Waals surface area contributed by atoms with E-state index in [9.17, 15) is 23.4 Å². The number of para-hydroxylation sites is 1. The van der Waals surface area contributed by atoms with Crippen LogP contribution in [0.2, 0.25) is 0 Å². The van der Waals surface area contributed by atoms with Crippen LogP contribution in [0.3, 0.4) is 0 Å². The number of sulfonamides is 1. The molecule has 2 N–H and O–H groups in total. The minimum atomic E-state index is -3.98. The normalized spacial score (nSPS) is 12.2. The fourth-order valence-corrected chi connectivity index (χ4v) is 5.88. The predicted molar refractivity (Wildman–Crippen MR) is 153 cm³/mol. The number of rotatable bonds is 13. The maximum atomic E-state index is 13.7. The highest BCUT2D eigenvalue weighted by atomic mass is 32.2. The van der Waals surface area contributed by atoms with Gasteiger partial charge in [0.25, 0.3) is 10.0 Å². The molecule has 0 aromatic heterocycles.